The zero-order valence-electron chi connectivity index (χ0n) is 14.7. The average molecular weight is 383 g/mol. The molecule has 0 saturated carbocycles. The minimum atomic E-state index is -0.607. The summed E-state index contributed by atoms with van der Waals surface area (Å²) in [6, 6.07) is 9.71. The highest BCUT2D eigenvalue weighted by Gasteiger charge is 2.16. The quantitative estimate of drug-likeness (QED) is 0.383. The molecule has 0 saturated heterocycles. The predicted octanol–water partition coefficient (Wildman–Crippen LogP) is 0.617. The molecule has 3 aromatic rings. The summed E-state index contributed by atoms with van der Waals surface area (Å²) in [7, 11) is 3.87. The molecule has 0 aliphatic heterocycles. The van der Waals surface area contributed by atoms with Gasteiger partial charge in [0.1, 0.15) is 4.88 Å². The lowest BCUT2D eigenvalue weighted by Crippen LogP contribution is -2.32. The largest absolute Gasteiger partial charge is 0.872 e. The minimum absolute atomic E-state index is 0.00535. The molecule has 138 valence electrons. The van der Waals surface area contributed by atoms with E-state index in [1.165, 1.54) is 18.3 Å². The number of thiazole rings is 1. The molecule has 2 heterocycles. The Morgan fingerprint density at radius 2 is 1.96 bits per heavy atom. The molecule has 0 unspecified atom stereocenters. The van der Waals surface area contributed by atoms with E-state index in [4.69, 9.17) is 0 Å². The van der Waals surface area contributed by atoms with Crippen LogP contribution >= 0.6 is 11.3 Å². The highest BCUT2D eigenvalue weighted by molar-refractivity contribution is 7.11. The molecule has 2 aromatic heterocycles. The number of pyridine rings is 1. The Kier molecular flexibility index (Phi) is 5.32. The summed E-state index contributed by atoms with van der Waals surface area (Å²) in [4.78, 5) is 28.8. The fourth-order valence-corrected chi connectivity index (χ4v) is 3.05. The van der Waals surface area contributed by atoms with Crippen molar-refractivity contribution in [1.82, 2.24) is 10.4 Å². The second-order valence-corrected chi connectivity index (χ2v) is 6.80. The maximum Gasteiger partial charge on any atom is 0.390 e. The average Bonchev–Trinajstić information content (AvgIpc) is 3.02. The molecule has 2 N–H and O–H groups in total. The second kappa shape index (κ2) is 7.83. The second-order valence-electron chi connectivity index (χ2n) is 5.78. The Morgan fingerprint density at radius 1 is 1.26 bits per heavy atom. The van der Waals surface area contributed by atoms with Gasteiger partial charge in [0, 0.05) is 37.5 Å². The molecular weight excluding hydrogens is 366 g/mol. The van der Waals surface area contributed by atoms with Gasteiger partial charge in [-0.15, -0.1) is 0 Å². The number of amides is 1. The van der Waals surface area contributed by atoms with Gasteiger partial charge in [0.25, 0.3) is 5.91 Å². The fourth-order valence-electron chi connectivity index (χ4n) is 2.34. The first-order chi connectivity index (χ1) is 13.0. The number of hydrogen-bond acceptors (Lipinski definition) is 6. The number of hydrogen-bond donors (Lipinski definition) is 2. The van der Waals surface area contributed by atoms with Gasteiger partial charge in [-0.2, -0.15) is 10.1 Å². The van der Waals surface area contributed by atoms with Crippen LogP contribution in [0.1, 0.15) is 15.2 Å². The van der Waals surface area contributed by atoms with Crippen LogP contribution in [-0.2, 0) is 0 Å². The van der Waals surface area contributed by atoms with Crippen LogP contribution < -0.4 is 24.9 Å². The molecule has 0 aliphatic carbocycles. The van der Waals surface area contributed by atoms with Crippen molar-refractivity contribution in [3.05, 3.63) is 68.9 Å². The van der Waals surface area contributed by atoms with E-state index in [1.807, 2.05) is 43.5 Å². The summed E-state index contributed by atoms with van der Waals surface area (Å²) < 4.78 is 1.75. The number of rotatable bonds is 5. The maximum atomic E-state index is 12.0. The number of anilines is 1. The molecule has 0 atom stereocenters. The van der Waals surface area contributed by atoms with Crippen LogP contribution in [0.15, 0.2) is 58.7 Å². The van der Waals surface area contributed by atoms with E-state index in [9.17, 15) is 14.7 Å². The third-order valence-electron chi connectivity index (χ3n) is 3.72. The summed E-state index contributed by atoms with van der Waals surface area (Å²) in [5.74, 6) is -0.449. The molecular formula is C18H17N5O3S. The van der Waals surface area contributed by atoms with E-state index < -0.39 is 5.91 Å². The number of para-hydroxylation sites is 1. The first-order valence-electron chi connectivity index (χ1n) is 7.97. The molecule has 1 amide bonds. The van der Waals surface area contributed by atoms with Crippen LogP contribution in [0.2, 0.25) is 0 Å². The van der Waals surface area contributed by atoms with Crippen molar-refractivity contribution in [2.75, 3.05) is 19.0 Å². The SMILES string of the molecule is CN(C)c1cc[n+](-c2[nH]c(=O)sc2/C=N/NC(=O)c2ccccc2[O-])cc1. The molecule has 0 fully saturated rings. The number of aromatic nitrogens is 2. The first-order valence-corrected chi connectivity index (χ1v) is 8.79. The van der Waals surface area contributed by atoms with Crippen molar-refractivity contribution in [3.8, 4) is 11.6 Å². The van der Waals surface area contributed by atoms with Crippen molar-refractivity contribution in [1.29, 1.82) is 0 Å². The van der Waals surface area contributed by atoms with E-state index in [2.05, 4.69) is 15.5 Å². The Morgan fingerprint density at radius 3 is 2.63 bits per heavy atom. The van der Waals surface area contributed by atoms with Crippen LogP contribution in [0.25, 0.3) is 5.82 Å². The number of H-pyrrole nitrogens is 1. The molecule has 27 heavy (non-hydrogen) atoms. The molecule has 0 aliphatic rings. The number of aromatic amines is 1. The minimum Gasteiger partial charge on any atom is -0.872 e. The van der Waals surface area contributed by atoms with Crippen molar-refractivity contribution < 1.29 is 14.5 Å². The number of hydrazone groups is 1. The highest BCUT2D eigenvalue weighted by Crippen LogP contribution is 2.12. The van der Waals surface area contributed by atoms with Gasteiger partial charge in [-0.25, -0.2) is 14.8 Å². The summed E-state index contributed by atoms with van der Waals surface area (Å²) in [5, 5.41) is 15.5. The topological polar surface area (TPSA) is 104 Å². The van der Waals surface area contributed by atoms with Crippen LogP contribution in [0.3, 0.4) is 0 Å². The normalized spacial score (nSPS) is 10.9. The zero-order valence-corrected chi connectivity index (χ0v) is 15.5. The number of benzene rings is 1. The van der Waals surface area contributed by atoms with E-state index in [1.54, 1.807) is 16.7 Å². The Labute approximate surface area is 159 Å². The Bertz CT molecular complexity index is 1040. The monoisotopic (exact) mass is 383 g/mol. The van der Waals surface area contributed by atoms with Gasteiger partial charge >= 0.3 is 10.7 Å². The molecule has 9 heteroatoms. The van der Waals surface area contributed by atoms with Crippen molar-refractivity contribution in [3.63, 3.8) is 0 Å². The standard InChI is InChI=1S/C18H17N5O3S/c1-22(2)12-7-9-23(10-8-12)16-15(27-18(26)20-16)11-19-21-17(25)13-5-3-4-6-14(13)24/h3-11H,1-2H3,(H2-,19,20,21,24,25,26). The van der Waals surface area contributed by atoms with Gasteiger partial charge < -0.3 is 10.0 Å². The Hall–Kier alpha value is -3.46. The van der Waals surface area contributed by atoms with Gasteiger partial charge in [-0.1, -0.05) is 30.0 Å². The smallest absolute Gasteiger partial charge is 0.390 e. The molecule has 0 bridgehead atoms. The number of nitrogens with zero attached hydrogens (tertiary/aromatic N) is 3. The van der Waals surface area contributed by atoms with Crippen molar-refractivity contribution in [2.45, 2.75) is 0 Å². The van der Waals surface area contributed by atoms with E-state index in [0.717, 1.165) is 17.0 Å². The molecule has 3 rings (SSSR count). The molecule has 8 nitrogen and oxygen atoms in total. The number of carbonyl (C=O) groups excluding carboxylic acids is 1. The zero-order chi connectivity index (χ0) is 19.4. The molecule has 0 radical (unpaired) electrons. The Balaban J connectivity index is 1.80. The highest BCUT2D eigenvalue weighted by atomic mass is 32.1. The summed E-state index contributed by atoms with van der Waals surface area (Å²) in [6.07, 6.45) is 5.00. The van der Waals surface area contributed by atoms with Gasteiger partial charge in [-0.05, 0) is 11.3 Å². The molecule has 1 aromatic carbocycles. The van der Waals surface area contributed by atoms with Gasteiger partial charge in [0.05, 0.1) is 18.6 Å². The van der Waals surface area contributed by atoms with Crippen molar-refractivity contribution >= 4 is 29.1 Å². The number of carbonyl (C=O) groups is 1. The van der Waals surface area contributed by atoms with Gasteiger partial charge in [-0.3, -0.25) is 4.79 Å². The van der Waals surface area contributed by atoms with Crippen LogP contribution in [-0.4, -0.2) is 31.2 Å². The van der Waals surface area contributed by atoms with Crippen LogP contribution in [0, 0.1) is 0 Å². The summed E-state index contributed by atoms with van der Waals surface area (Å²) >= 11 is 0.966. The third-order valence-corrected chi connectivity index (χ3v) is 4.53. The van der Waals surface area contributed by atoms with Crippen molar-refractivity contribution in [2.24, 2.45) is 5.10 Å². The number of nitrogens with one attached hydrogen (secondary N) is 2. The lowest BCUT2D eigenvalue weighted by molar-refractivity contribution is -0.599. The lowest BCUT2D eigenvalue weighted by atomic mass is 10.2. The fraction of sp³-hybridized carbons (Fsp3) is 0.111. The summed E-state index contributed by atoms with van der Waals surface area (Å²) in [5.41, 5.74) is 3.33. The van der Waals surface area contributed by atoms with E-state index in [0.29, 0.717) is 10.7 Å². The van der Waals surface area contributed by atoms with E-state index in [-0.39, 0.29) is 16.2 Å². The van der Waals surface area contributed by atoms with Gasteiger partial charge in [0.15, 0.2) is 0 Å². The van der Waals surface area contributed by atoms with Crippen LogP contribution in [0.4, 0.5) is 5.69 Å². The summed E-state index contributed by atoms with van der Waals surface area (Å²) in [6.45, 7) is 0. The van der Waals surface area contributed by atoms with Crippen LogP contribution in [0.5, 0.6) is 5.75 Å². The van der Waals surface area contributed by atoms with E-state index >= 15 is 0 Å². The lowest BCUT2D eigenvalue weighted by Gasteiger charge is -2.11. The van der Waals surface area contributed by atoms with Gasteiger partial charge in [0.2, 0.25) is 0 Å². The maximum absolute atomic E-state index is 12.0. The molecule has 0 spiro atoms. The predicted molar refractivity (Wildman–Crippen MR) is 102 cm³/mol. The first kappa shape index (κ1) is 18.3. The third kappa shape index (κ3) is 4.21.